The van der Waals surface area contributed by atoms with Crippen molar-refractivity contribution in [1.82, 2.24) is 10.2 Å². The third kappa shape index (κ3) is 5.20. The number of urea groups is 1. The molecule has 28 heavy (non-hydrogen) atoms. The third-order valence-corrected chi connectivity index (χ3v) is 4.55. The highest BCUT2D eigenvalue weighted by Gasteiger charge is 2.20. The van der Waals surface area contributed by atoms with Gasteiger partial charge in [-0.2, -0.15) is 0 Å². The molecule has 2 aromatic carbocycles. The number of amides is 3. The van der Waals surface area contributed by atoms with Crippen molar-refractivity contribution in [1.29, 1.82) is 0 Å². The fraction of sp³-hybridized carbons (Fsp3) is 0.300. The number of nitrogens with zero attached hydrogens (tertiary/aromatic N) is 2. The van der Waals surface area contributed by atoms with Crippen molar-refractivity contribution in [2.45, 2.75) is 0 Å². The van der Waals surface area contributed by atoms with Gasteiger partial charge in [0.05, 0.1) is 19.3 Å². The number of hydrogen-bond donors (Lipinski definition) is 2. The summed E-state index contributed by atoms with van der Waals surface area (Å²) in [5.74, 6) is -0.167. The standard InChI is InChI=1S/C20H23FN4O3/c1-28-16-8-6-15(7-9-16)25-12-10-24(11-13-25)14-19(26)23-20(27)22-18-5-3-2-4-17(18)21/h2-9H,10-14H2,1H3,(H2,22,23,26,27). The second kappa shape index (κ2) is 9.18. The van der Waals surface area contributed by atoms with Gasteiger partial charge in [0.15, 0.2) is 0 Å². The van der Waals surface area contributed by atoms with Gasteiger partial charge in [0.1, 0.15) is 11.6 Å². The zero-order valence-electron chi connectivity index (χ0n) is 15.7. The van der Waals surface area contributed by atoms with Crippen LogP contribution in [-0.4, -0.2) is 56.7 Å². The Bertz CT molecular complexity index is 820. The van der Waals surface area contributed by atoms with Gasteiger partial charge in [0, 0.05) is 31.9 Å². The van der Waals surface area contributed by atoms with Gasteiger partial charge in [-0.05, 0) is 36.4 Å². The molecule has 0 atom stereocenters. The highest BCUT2D eigenvalue weighted by atomic mass is 19.1. The SMILES string of the molecule is COc1ccc(N2CCN(CC(=O)NC(=O)Nc3ccccc3F)CC2)cc1. The molecule has 148 valence electrons. The van der Waals surface area contributed by atoms with Crippen molar-refractivity contribution in [3.63, 3.8) is 0 Å². The number of ether oxygens (including phenoxy) is 1. The highest BCUT2D eigenvalue weighted by Crippen LogP contribution is 2.20. The van der Waals surface area contributed by atoms with Crippen LogP contribution in [0.15, 0.2) is 48.5 Å². The zero-order valence-corrected chi connectivity index (χ0v) is 15.7. The Morgan fingerprint density at radius 1 is 1.04 bits per heavy atom. The van der Waals surface area contributed by atoms with Gasteiger partial charge in [-0.3, -0.25) is 15.0 Å². The van der Waals surface area contributed by atoms with Crippen LogP contribution in [0.2, 0.25) is 0 Å². The second-order valence-corrected chi connectivity index (χ2v) is 6.44. The number of nitrogens with one attached hydrogen (secondary N) is 2. The Labute approximate surface area is 163 Å². The fourth-order valence-corrected chi connectivity index (χ4v) is 3.04. The Kier molecular flexibility index (Phi) is 6.44. The molecule has 0 saturated carbocycles. The first-order valence-electron chi connectivity index (χ1n) is 9.02. The summed E-state index contributed by atoms with van der Waals surface area (Å²) < 4.78 is 18.7. The molecule has 3 rings (SSSR count). The maximum atomic E-state index is 13.5. The Morgan fingerprint density at radius 3 is 2.36 bits per heavy atom. The van der Waals surface area contributed by atoms with Crippen LogP contribution in [0, 0.1) is 5.82 Å². The van der Waals surface area contributed by atoms with Crippen LogP contribution in [0.1, 0.15) is 0 Å². The Hall–Kier alpha value is -3.13. The lowest BCUT2D eigenvalue weighted by Crippen LogP contribution is -2.50. The highest BCUT2D eigenvalue weighted by molar-refractivity contribution is 6.01. The van der Waals surface area contributed by atoms with Crippen molar-refractivity contribution in [2.75, 3.05) is 50.1 Å². The lowest BCUT2D eigenvalue weighted by atomic mass is 10.2. The maximum absolute atomic E-state index is 13.5. The van der Waals surface area contributed by atoms with Crippen LogP contribution in [-0.2, 0) is 4.79 Å². The number of rotatable bonds is 5. The van der Waals surface area contributed by atoms with Crippen LogP contribution in [0.3, 0.4) is 0 Å². The number of hydrogen-bond acceptors (Lipinski definition) is 5. The molecule has 1 aliphatic heterocycles. The summed E-state index contributed by atoms with van der Waals surface area (Å²) in [6.07, 6.45) is 0. The number of benzene rings is 2. The number of piperazine rings is 1. The number of methoxy groups -OCH3 is 1. The zero-order chi connectivity index (χ0) is 19.9. The van der Waals surface area contributed by atoms with Gasteiger partial charge >= 0.3 is 6.03 Å². The van der Waals surface area contributed by atoms with E-state index >= 15 is 0 Å². The molecule has 0 aliphatic carbocycles. The normalized spacial score (nSPS) is 14.4. The van der Waals surface area contributed by atoms with Crippen molar-refractivity contribution in [3.8, 4) is 5.75 Å². The molecule has 1 saturated heterocycles. The van der Waals surface area contributed by atoms with Crippen LogP contribution in [0.5, 0.6) is 5.75 Å². The van der Waals surface area contributed by atoms with Crippen molar-refractivity contribution < 1.29 is 18.7 Å². The maximum Gasteiger partial charge on any atom is 0.326 e. The van der Waals surface area contributed by atoms with E-state index < -0.39 is 17.8 Å². The summed E-state index contributed by atoms with van der Waals surface area (Å²) >= 11 is 0. The predicted octanol–water partition coefficient (Wildman–Crippen LogP) is 2.30. The monoisotopic (exact) mass is 386 g/mol. The summed E-state index contributed by atoms with van der Waals surface area (Å²) in [5, 5.41) is 4.57. The number of para-hydroxylation sites is 1. The topological polar surface area (TPSA) is 73.9 Å². The molecule has 2 aromatic rings. The van der Waals surface area contributed by atoms with E-state index in [1.54, 1.807) is 13.2 Å². The summed E-state index contributed by atoms with van der Waals surface area (Å²) in [6.45, 7) is 3.08. The molecule has 0 spiro atoms. The average Bonchev–Trinajstić information content (AvgIpc) is 2.70. The second-order valence-electron chi connectivity index (χ2n) is 6.44. The minimum Gasteiger partial charge on any atom is -0.497 e. The molecular formula is C20H23FN4O3. The van der Waals surface area contributed by atoms with Crippen LogP contribution in [0.4, 0.5) is 20.6 Å². The van der Waals surface area contributed by atoms with E-state index in [0.29, 0.717) is 13.1 Å². The number of carbonyl (C=O) groups excluding carboxylic acids is 2. The van der Waals surface area contributed by atoms with Crippen molar-refractivity contribution >= 4 is 23.3 Å². The smallest absolute Gasteiger partial charge is 0.326 e. The van der Waals surface area contributed by atoms with E-state index in [0.717, 1.165) is 24.5 Å². The first-order chi connectivity index (χ1) is 13.5. The quantitative estimate of drug-likeness (QED) is 0.825. The van der Waals surface area contributed by atoms with E-state index in [9.17, 15) is 14.0 Å². The lowest BCUT2D eigenvalue weighted by Gasteiger charge is -2.35. The van der Waals surface area contributed by atoms with Crippen LogP contribution >= 0.6 is 0 Å². The number of carbonyl (C=O) groups is 2. The van der Waals surface area contributed by atoms with Crippen LogP contribution < -0.4 is 20.3 Å². The van der Waals surface area contributed by atoms with Gasteiger partial charge in [-0.25, -0.2) is 9.18 Å². The Morgan fingerprint density at radius 2 is 1.71 bits per heavy atom. The van der Waals surface area contributed by atoms with Crippen molar-refractivity contribution in [2.24, 2.45) is 0 Å². The van der Waals surface area contributed by atoms with E-state index in [1.807, 2.05) is 29.2 Å². The first kappa shape index (κ1) is 19.6. The van der Waals surface area contributed by atoms with Gasteiger partial charge in [0.25, 0.3) is 0 Å². The molecule has 0 bridgehead atoms. The molecule has 8 heteroatoms. The van der Waals surface area contributed by atoms with E-state index in [1.165, 1.54) is 18.2 Å². The lowest BCUT2D eigenvalue weighted by molar-refractivity contribution is -0.121. The van der Waals surface area contributed by atoms with Gasteiger partial charge < -0.3 is 15.0 Å². The van der Waals surface area contributed by atoms with Gasteiger partial charge in [-0.1, -0.05) is 12.1 Å². The molecule has 1 heterocycles. The summed E-state index contributed by atoms with van der Waals surface area (Å²) in [4.78, 5) is 28.2. The van der Waals surface area contributed by atoms with E-state index in [4.69, 9.17) is 4.74 Å². The largest absolute Gasteiger partial charge is 0.497 e. The summed E-state index contributed by atoms with van der Waals surface area (Å²) in [6, 6.07) is 12.9. The van der Waals surface area contributed by atoms with Crippen molar-refractivity contribution in [3.05, 3.63) is 54.3 Å². The molecule has 2 N–H and O–H groups in total. The average molecular weight is 386 g/mol. The fourth-order valence-electron chi connectivity index (χ4n) is 3.04. The number of imide groups is 1. The molecule has 0 aromatic heterocycles. The summed E-state index contributed by atoms with van der Waals surface area (Å²) in [5.41, 5.74) is 1.13. The third-order valence-electron chi connectivity index (χ3n) is 4.55. The van der Waals surface area contributed by atoms with Crippen LogP contribution in [0.25, 0.3) is 0 Å². The first-order valence-corrected chi connectivity index (χ1v) is 9.02. The molecule has 0 unspecified atom stereocenters. The minimum absolute atomic E-state index is 0.0286. The van der Waals surface area contributed by atoms with E-state index in [2.05, 4.69) is 15.5 Å². The molecular weight excluding hydrogens is 363 g/mol. The molecule has 1 aliphatic rings. The molecule has 0 radical (unpaired) electrons. The Balaban J connectivity index is 1.43. The van der Waals surface area contributed by atoms with Gasteiger partial charge in [-0.15, -0.1) is 0 Å². The number of anilines is 2. The molecule has 3 amide bonds. The molecule has 7 nitrogen and oxygen atoms in total. The minimum atomic E-state index is -0.744. The number of halogens is 1. The van der Waals surface area contributed by atoms with Gasteiger partial charge in [0.2, 0.25) is 5.91 Å². The predicted molar refractivity (Wildman–Crippen MR) is 105 cm³/mol. The molecule has 1 fully saturated rings. The van der Waals surface area contributed by atoms with E-state index in [-0.39, 0.29) is 12.2 Å². The summed E-state index contributed by atoms with van der Waals surface area (Å²) in [7, 11) is 1.63.